The van der Waals surface area contributed by atoms with Crippen LogP contribution in [0.15, 0.2) is 108 Å². The van der Waals surface area contributed by atoms with Gasteiger partial charge in [0.05, 0.1) is 17.2 Å². The molecule has 0 bridgehead atoms. The summed E-state index contributed by atoms with van der Waals surface area (Å²) in [6, 6.07) is 32.2. The topological polar surface area (TPSA) is 36.4 Å². The average Bonchev–Trinajstić information content (AvgIpc) is 3.37. The molecule has 2 heterocycles. The summed E-state index contributed by atoms with van der Waals surface area (Å²) >= 11 is 1.60. The summed E-state index contributed by atoms with van der Waals surface area (Å²) < 4.78 is 0. The zero-order chi connectivity index (χ0) is 21.8. The highest BCUT2D eigenvalue weighted by molar-refractivity contribution is 7.10. The zero-order valence-corrected chi connectivity index (χ0v) is 18.7. The molecular formula is C28H26N2OS. The standard InChI is InChI=1S/C28H26N2OS/c31-27-16-17-30(20-22(27)18-26-19-29-21-32-26)28(23-10-4-1-5-11-23,24-12-6-2-7-13-24)25-14-8-3-9-15-25/h1-15,18-19,21,27,31H,16-17,20H2/b22-18-. The van der Waals surface area contributed by atoms with Crippen LogP contribution in [-0.4, -0.2) is 34.2 Å². The fourth-order valence-corrected chi connectivity index (χ4v) is 5.45. The van der Waals surface area contributed by atoms with Gasteiger partial charge in [0.25, 0.3) is 0 Å². The molecule has 1 unspecified atom stereocenters. The third-order valence-electron chi connectivity index (χ3n) is 6.30. The molecule has 4 heteroatoms. The highest BCUT2D eigenvalue weighted by Gasteiger charge is 2.44. The molecule has 160 valence electrons. The van der Waals surface area contributed by atoms with Crippen molar-refractivity contribution >= 4 is 17.4 Å². The number of benzene rings is 3. The molecule has 1 aliphatic rings. The largest absolute Gasteiger partial charge is 0.389 e. The molecule has 3 nitrogen and oxygen atoms in total. The van der Waals surface area contributed by atoms with E-state index >= 15 is 0 Å². The number of hydrogen-bond donors (Lipinski definition) is 1. The molecule has 0 amide bonds. The number of aliphatic hydroxyl groups is 1. The van der Waals surface area contributed by atoms with Gasteiger partial charge in [-0.15, -0.1) is 11.3 Å². The molecule has 1 aromatic heterocycles. The van der Waals surface area contributed by atoms with E-state index in [2.05, 4.69) is 107 Å². The Bertz CT molecular complexity index is 1060. The first-order valence-electron chi connectivity index (χ1n) is 11.0. The van der Waals surface area contributed by atoms with Gasteiger partial charge in [0.2, 0.25) is 0 Å². The second-order valence-electron chi connectivity index (χ2n) is 8.16. The number of aromatic nitrogens is 1. The van der Waals surface area contributed by atoms with Crippen molar-refractivity contribution in [3.8, 4) is 0 Å². The van der Waals surface area contributed by atoms with Crippen molar-refractivity contribution < 1.29 is 5.11 Å². The molecule has 32 heavy (non-hydrogen) atoms. The molecule has 0 saturated carbocycles. The van der Waals surface area contributed by atoms with E-state index in [1.165, 1.54) is 16.7 Å². The van der Waals surface area contributed by atoms with Crippen LogP contribution in [0.25, 0.3) is 6.08 Å². The summed E-state index contributed by atoms with van der Waals surface area (Å²) in [6.07, 6.45) is 4.23. The highest BCUT2D eigenvalue weighted by Crippen LogP contribution is 2.44. The maximum Gasteiger partial charge on any atom is 0.0975 e. The van der Waals surface area contributed by atoms with Gasteiger partial charge < -0.3 is 5.11 Å². The van der Waals surface area contributed by atoms with E-state index in [1.807, 2.05) is 11.7 Å². The first kappa shape index (κ1) is 20.8. The number of nitrogens with zero attached hydrogens (tertiary/aromatic N) is 2. The van der Waals surface area contributed by atoms with Gasteiger partial charge in [0.1, 0.15) is 0 Å². The van der Waals surface area contributed by atoms with Crippen LogP contribution in [0.2, 0.25) is 0 Å². The summed E-state index contributed by atoms with van der Waals surface area (Å²) in [5.74, 6) is 0. The van der Waals surface area contributed by atoms with E-state index in [-0.39, 0.29) is 0 Å². The van der Waals surface area contributed by atoms with Gasteiger partial charge >= 0.3 is 0 Å². The molecule has 1 N–H and O–H groups in total. The Labute approximate surface area is 193 Å². The third-order valence-corrected chi connectivity index (χ3v) is 7.02. The number of likely N-dealkylation sites (tertiary alicyclic amines) is 1. The molecule has 1 fully saturated rings. The van der Waals surface area contributed by atoms with Gasteiger partial charge in [-0.25, -0.2) is 0 Å². The third kappa shape index (κ3) is 3.82. The van der Waals surface area contributed by atoms with Gasteiger partial charge in [0.15, 0.2) is 0 Å². The molecule has 1 atom stereocenters. The van der Waals surface area contributed by atoms with E-state index in [4.69, 9.17) is 0 Å². The molecule has 1 saturated heterocycles. The highest BCUT2D eigenvalue weighted by atomic mass is 32.1. The SMILES string of the molecule is OC1CCN(C(c2ccccc2)(c2ccccc2)c2ccccc2)C/C1=C/c1cncs1. The number of hydrogen-bond acceptors (Lipinski definition) is 4. The number of aliphatic hydroxyl groups excluding tert-OH is 1. The summed E-state index contributed by atoms with van der Waals surface area (Å²) in [5, 5.41) is 10.9. The number of thiazole rings is 1. The lowest BCUT2D eigenvalue weighted by molar-refractivity contribution is 0.0872. The Balaban J connectivity index is 1.71. The normalized spacial score (nSPS) is 18.7. The summed E-state index contributed by atoms with van der Waals surface area (Å²) in [6.45, 7) is 1.47. The predicted molar refractivity (Wildman–Crippen MR) is 131 cm³/mol. The van der Waals surface area contributed by atoms with E-state index in [0.717, 1.165) is 17.0 Å². The molecule has 4 aromatic rings. The quantitative estimate of drug-likeness (QED) is 0.413. The maximum absolute atomic E-state index is 10.9. The Kier molecular flexibility index (Phi) is 5.99. The van der Waals surface area contributed by atoms with E-state index in [1.54, 1.807) is 11.3 Å². The molecule has 0 spiro atoms. The Morgan fingerprint density at radius 2 is 1.38 bits per heavy atom. The van der Waals surface area contributed by atoms with Crippen molar-refractivity contribution in [2.75, 3.05) is 13.1 Å². The van der Waals surface area contributed by atoms with Gasteiger partial charge in [-0.1, -0.05) is 91.0 Å². The molecule has 0 radical (unpaired) electrons. The van der Waals surface area contributed by atoms with Crippen molar-refractivity contribution in [1.82, 2.24) is 9.88 Å². The van der Waals surface area contributed by atoms with Crippen molar-refractivity contribution in [1.29, 1.82) is 0 Å². The second kappa shape index (κ2) is 9.21. The van der Waals surface area contributed by atoms with Crippen LogP contribution in [-0.2, 0) is 5.54 Å². The van der Waals surface area contributed by atoms with Crippen LogP contribution in [0, 0.1) is 0 Å². The Morgan fingerprint density at radius 3 is 1.84 bits per heavy atom. The fourth-order valence-electron chi connectivity index (χ4n) is 4.86. The fraction of sp³-hybridized carbons (Fsp3) is 0.179. The van der Waals surface area contributed by atoms with E-state index in [9.17, 15) is 5.11 Å². The lowest BCUT2D eigenvalue weighted by Gasteiger charge is -2.48. The van der Waals surface area contributed by atoms with Crippen LogP contribution in [0.4, 0.5) is 0 Å². The average molecular weight is 439 g/mol. The number of piperidine rings is 1. The second-order valence-corrected chi connectivity index (χ2v) is 9.08. The van der Waals surface area contributed by atoms with Gasteiger partial charge in [-0.05, 0) is 34.8 Å². The molecule has 5 rings (SSSR count). The summed E-state index contributed by atoms with van der Waals surface area (Å²) in [4.78, 5) is 7.80. The van der Waals surface area contributed by atoms with Crippen molar-refractivity contribution in [2.45, 2.75) is 18.1 Å². The minimum Gasteiger partial charge on any atom is -0.389 e. The van der Waals surface area contributed by atoms with Crippen LogP contribution in [0.3, 0.4) is 0 Å². The van der Waals surface area contributed by atoms with E-state index in [0.29, 0.717) is 13.0 Å². The Hall–Kier alpha value is -3.05. The van der Waals surface area contributed by atoms with Gasteiger partial charge in [-0.3, -0.25) is 9.88 Å². The lowest BCUT2D eigenvalue weighted by atomic mass is 9.74. The molecule has 3 aromatic carbocycles. The lowest BCUT2D eigenvalue weighted by Crippen LogP contribution is -2.52. The predicted octanol–water partition coefficient (Wildman–Crippen LogP) is 5.59. The van der Waals surface area contributed by atoms with Crippen LogP contribution in [0.5, 0.6) is 0 Å². The van der Waals surface area contributed by atoms with Crippen LogP contribution < -0.4 is 0 Å². The van der Waals surface area contributed by atoms with Gasteiger partial charge in [0, 0.05) is 24.2 Å². The van der Waals surface area contributed by atoms with E-state index < -0.39 is 11.6 Å². The first-order chi connectivity index (χ1) is 15.8. The number of rotatable bonds is 5. The minimum atomic E-state index is -0.462. The zero-order valence-electron chi connectivity index (χ0n) is 17.8. The molecule has 1 aliphatic heterocycles. The summed E-state index contributed by atoms with van der Waals surface area (Å²) in [7, 11) is 0. The van der Waals surface area contributed by atoms with Crippen LogP contribution in [0.1, 0.15) is 28.0 Å². The van der Waals surface area contributed by atoms with Crippen molar-refractivity contribution in [3.05, 3.63) is 130 Å². The summed E-state index contributed by atoms with van der Waals surface area (Å²) in [5.41, 5.74) is 6.09. The van der Waals surface area contributed by atoms with Gasteiger partial charge in [-0.2, -0.15) is 0 Å². The van der Waals surface area contributed by atoms with Crippen molar-refractivity contribution in [3.63, 3.8) is 0 Å². The first-order valence-corrected chi connectivity index (χ1v) is 11.8. The minimum absolute atomic E-state index is 0.437. The maximum atomic E-state index is 10.9. The molecule has 0 aliphatic carbocycles. The smallest absolute Gasteiger partial charge is 0.0975 e. The monoisotopic (exact) mass is 438 g/mol. The van der Waals surface area contributed by atoms with Crippen molar-refractivity contribution in [2.24, 2.45) is 0 Å². The molecular weight excluding hydrogens is 412 g/mol. The van der Waals surface area contributed by atoms with Crippen LogP contribution >= 0.6 is 11.3 Å². The Morgan fingerprint density at radius 1 is 0.844 bits per heavy atom.